The molecule has 0 aliphatic heterocycles. The van der Waals surface area contributed by atoms with Crippen molar-refractivity contribution in [2.24, 2.45) is 5.92 Å². The van der Waals surface area contributed by atoms with Crippen molar-refractivity contribution in [1.29, 1.82) is 0 Å². The van der Waals surface area contributed by atoms with E-state index < -0.39 is 47.4 Å². The predicted molar refractivity (Wildman–Crippen MR) is 109 cm³/mol. The Morgan fingerprint density at radius 3 is 2.33 bits per heavy atom. The summed E-state index contributed by atoms with van der Waals surface area (Å²) in [5.74, 6) is -2.72. The number of rotatable bonds is 6. The Bertz CT molecular complexity index is 777. The zero-order chi connectivity index (χ0) is 22.6. The van der Waals surface area contributed by atoms with E-state index in [4.69, 9.17) is 16.3 Å². The number of aliphatic hydroxyl groups excluding tert-OH is 1. The van der Waals surface area contributed by atoms with Gasteiger partial charge < -0.3 is 20.5 Å². The molecule has 1 fully saturated rings. The molecule has 6 nitrogen and oxygen atoms in total. The van der Waals surface area contributed by atoms with Crippen molar-refractivity contribution in [3.05, 3.63) is 34.4 Å². The van der Waals surface area contributed by atoms with Gasteiger partial charge in [-0.05, 0) is 58.6 Å². The van der Waals surface area contributed by atoms with Crippen LogP contribution in [-0.4, -0.2) is 34.9 Å². The predicted octanol–water partition coefficient (Wildman–Crippen LogP) is 4.24. The number of nitrogens with one attached hydrogen (secondary N) is 2. The standard InChI is InChI=1S/C21H29ClF2N2O4/c1-11(27)17(26-20(29)30-21(2,3)4)19(28)25-18(12-7-5-6-8-12)15-14(23)10-9-13(22)16(15)24/h9-12,17-18,27H,5-8H2,1-4H3,(H,25,28)(H,26,29)/t11-,17-,18-/m0/s1. The molecule has 2 amide bonds. The molecular weight excluding hydrogens is 418 g/mol. The van der Waals surface area contributed by atoms with Gasteiger partial charge in [0.15, 0.2) is 0 Å². The molecule has 1 saturated carbocycles. The third-order valence-corrected chi connectivity index (χ3v) is 5.29. The molecule has 0 radical (unpaired) electrons. The SMILES string of the molecule is C[C@H](O)[C@H](NC(=O)OC(C)(C)C)C(=O)N[C@H](c1c(F)ccc(Cl)c1F)C1CCCC1. The summed E-state index contributed by atoms with van der Waals surface area (Å²) in [6.45, 7) is 6.30. The van der Waals surface area contributed by atoms with Gasteiger partial charge >= 0.3 is 6.09 Å². The first kappa shape index (κ1) is 24.3. The lowest BCUT2D eigenvalue weighted by Crippen LogP contribution is -2.54. The minimum absolute atomic E-state index is 0.201. The van der Waals surface area contributed by atoms with Gasteiger partial charge in [-0.2, -0.15) is 0 Å². The molecule has 0 heterocycles. The number of carbonyl (C=O) groups excluding carboxylic acids is 2. The van der Waals surface area contributed by atoms with Gasteiger partial charge in [-0.3, -0.25) is 4.79 Å². The molecule has 9 heteroatoms. The zero-order valence-electron chi connectivity index (χ0n) is 17.6. The van der Waals surface area contributed by atoms with Crippen molar-refractivity contribution in [2.45, 2.75) is 77.2 Å². The van der Waals surface area contributed by atoms with Gasteiger partial charge in [0.2, 0.25) is 5.91 Å². The number of hydrogen-bond donors (Lipinski definition) is 3. The summed E-state index contributed by atoms with van der Waals surface area (Å²) < 4.78 is 34.4. The summed E-state index contributed by atoms with van der Waals surface area (Å²) in [5.41, 5.74) is -1.12. The van der Waals surface area contributed by atoms with Gasteiger partial charge in [-0.15, -0.1) is 0 Å². The van der Waals surface area contributed by atoms with Crippen LogP contribution in [0.25, 0.3) is 0 Å². The summed E-state index contributed by atoms with van der Waals surface area (Å²) in [5, 5.41) is 14.7. The molecule has 168 valence electrons. The summed E-state index contributed by atoms with van der Waals surface area (Å²) in [7, 11) is 0. The van der Waals surface area contributed by atoms with Gasteiger partial charge in [-0.25, -0.2) is 13.6 Å². The Labute approximate surface area is 180 Å². The molecule has 0 bridgehead atoms. The zero-order valence-corrected chi connectivity index (χ0v) is 18.4. The fraction of sp³-hybridized carbons (Fsp3) is 0.619. The Morgan fingerprint density at radius 1 is 1.20 bits per heavy atom. The molecule has 30 heavy (non-hydrogen) atoms. The summed E-state index contributed by atoms with van der Waals surface area (Å²) in [6, 6.07) is -0.180. The number of carbonyl (C=O) groups is 2. The molecule has 0 saturated heterocycles. The van der Waals surface area contributed by atoms with E-state index in [2.05, 4.69) is 10.6 Å². The van der Waals surface area contributed by atoms with E-state index in [9.17, 15) is 23.5 Å². The van der Waals surface area contributed by atoms with Crippen LogP contribution in [-0.2, 0) is 9.53 Å². The maximum atomic E-state index is 14.7. The number of hydrogen-bond acceptors (Lipinski definition) is 4. The van der Waals surface area contributed by atoms with Crippen LogP contribution < -0.4 is 10.6 Å². The molecule has 0 spiro atoms. The smallest absolute Gasteiger partial charge is 0.408 e. The van der Waals surface area contributed by atoms with E-state index in [0.717, 1.165) is 25.0 Å². The van der Waals surface area contributed by atoms with Crippen LogP contribution in [0.2, 0.25) is 5.02 Å². The van der Waals surface area contributed by atoms with Crippen LogP contribution >= 0.6 is 11.6 Å². The molecule has 1 aromatic rings. The second-order valence-electron chi connectivity index (χ2n) is 8.65. The lowest BCUT2D eigenvalue weighted by atomic mass is 9.90. The Kier molecular flexibility index (Phi) is 8.05. The molecule has 1 aliphatic carbocycles. The summed E-state index contributed by atoms with van der Waals surface area (Å²) >= 11 is 5.85. The second-order valence-corrected chi connectivity index (χ2v) is 9.06. The molecule has 0 unspecified atom stereocenters. The van der Waals surface area contributed by atoms with Crippen LogP contribution in [0, 0.1) is 17.6 Å². The second kappa shape index (κ2) is 9.92. The molecule has 3 N–H and O–H groups in total. The van der Waals surface area contributed by atoms with Crippen LogP contribution in [0.4, 0.5) is 13.6 Å². The Morgan fingerprint density at radius 2 is 1.80 bits per heavy atom. The average molecular weight is 447 g/mol. The van der Waals surface area contributed by atoms with Crippen LogP contribution in [0.3, 0.4) is 0 Å². The topological polar surface area (TPSA) is 87.7 Å². The summed E-state index contributed by atoms with van der Waals surface area (Å²) in [6.07, 6.45) is 0.940. The van der Waals surface area contributed by atoms with Crippen molar-refractivity contribution >= 4 is 23.6 Å². The first-order valence-corrected chi connectivity index (χ1v) is 10.4. The van der Waals surface area contributed by atoms with Gasteiger partial charge in [-0.1, -0.05) is 24.4 Å². The highest BCUT2D eigenvalue weighted by Gasteiger charge is 2.36. The number of alkyl carbamates (subject to hydrolysis) is 1. The third-order valence-electron chi connectivity index (χ3n) is 5.00. The van der Waals surface area contributed by atoms with E-state index in [-0.39, 0.29) is 16.5 Å². The van der Waals surface area contributed by atoms with Gasteiger partial charge in [0.05, 0.1) is 17.2 Å². The van der Waals surface area contributed by atoms with E-state index in [1.807, 2.05) is 0 Å². The molecule has 0 aromatic heterocycles. The quantitative estimate of drug-likeness (QED) is 0.570. The number of amides is 2. The Hall–Kier alpha value is -1.93. The molecule has 1 aromatic carbocycles. The maximum absolute atomic E-state index is 14.7. The highest BCUT2D eigenvalue weighted by molar-refractivity contribution is 6.30. The minimum atomic E-state index is -1.37. The number of halogens is 3. The minimum Gasteiger partial charge on any atom is -0.444 e. The molecule has 3 atom stereocenters. The van der Waals surface area contributed by atoms with Crippen molar-refractivity contribution in [2.75, 3.05) is 0 Å². The van der Waals surface area contributed by atoms with Crippen molar-refractivity contribution < 1.29 is 28.2 Å². The third kappa shape index (κ3) is 6.28. The fourth-order valence-corrected chi connectivity index (χ4v) is 3.79. The van der Waals surface area contributed by atoms with Crippen LogP contribution in [0.15, 0.2) is 12.1 Å². The lowest BCUT2D eigenvalue weighted by Gasteiger charge is -2.30. The van der Waals surface area contributed by atoms with E-state index in [0.29, 0.717) is 12.8 Å². The molecular formula is C21H29ClF2N2O4. The number of benzene rings is 1. The van der Waals surface area contributed by atoms with Gasteiger partial charge in [0.1, 0.15) is 23.3 Å². The van der Waals surface area contributed by atoms with E-state index >= 15 is 0 Å². The van der Waals surface area contributed by atoms with Crippen molar-refractivity contribution in [3.63, 3.8) is 0 Å². The monoisotopic (exact) mass is 446 g/mol. The largest absolute Gasteiger partial charge is 0.444 e. The van der Waals surface area contributed by atoms with Crippen molar-refractivity contribution in [1.82, 2.24) is 10.6 Å². The van der Waals surface area contributed by atoms with Crippen LogP contribution in [0.1, 0.15) is 65.0 Å². The van der Waals surface area contributed by atoms with E-state index in [1.165, 1.54) is 6.92 Å². The van der Waals surface area contributed by atoms with Crippen LogP contribution in [0.5, 0.6) is 0 Å². The number of ether oxygens (including phenoxy) is 1. The highest BCUT2D eigenvalue weighted by Crippen LogP contribution is 2.39. The first-order chi connectivity index (χ1) is 13.9. The normalized spacial score (nSPS) is 17.9. The van der Waals surface area contributed by atoms with Gasteiger partial charge in [0, 0.05) is 5.56 Å². The maximum Gasteiger partial charge on any atom is 0.408 e. The lowest BCUT2D eigenvalue weighted by molar-refractivity contribution is -0.126. The van der Waals surface area contributed by atoms with Gasteiger partial charge in [0.25, 0.3) is 0 Å². The first-order valence-electron chi connectivity index (χ1n) is 10.0. The van der Waals surface area contributed by atoms with Crippen molar-refractivity contribution in [3.8, 4) is 0 Å². The molecule has 2 rings (SSSR count). The van der Waals surface area contributed by atoms with E-state index in [1.54, 1.807) is 20.8 Å². The number of aliphatic hydroxyl groups is 1. The summed E-state index contributed by atoms with van der Waals surface area (Å²) in [4.78, 5) is 25.0. The average Bonchev–Trinajstić information content (AvgIpc) is 3.14. The molecule has 1 aliphatic rings. The highest BCUT2D eigenvalue weighted by atomic mass is 35.5. The Balaban J connectivity index is 2.29. The fourth-order valence-electron chi connectivity index (χ4n) is 3.63.